The van der Waals surface area contributed by atoms with E-state index in [4.69, 9.17) is 0 Å². The number of piperazine rings is 1. The Morgan fingerprint density at radius 1 is 1.24 bits per heavy atom. The fourth-order valence-corrected chi connectivity index (χ4v) is 2.92. The summed E-state index contributed by atoms with van der Waals surface area (Å²) >= 11 is 1.53. The molecule has 1 aliphatic rings. The third-order valence-electron chi connectivity index (χ3n) is 3.32. The summed E-state index contributed by atoms with van der Waals surface area (Å²) in [6.07, 6.45) is 0.930. The van der Waals surface area contributed by atoms with E-state index in [1.54, 1.807) is 0 Å². The molecule has 0 aliphatic carbocycles. The number of carbonyl (C=O) groups excluding carboxylic acids is 1. The van der Waals surface area contributed by atoms with E-state index in [-0.39, 0.29) is 5.54 Å². The Labute approximate surface area is 107 Å². The molecule has 3 nitrogen and oxygen atoms in total. The number of carbonyl (C=O) groups is 1. The molecule has 0 aromatic carbocycles. The first-order valence-electron chi connectivity index (χ1n) is 6.04. The second-order valence-corrected chi connectivity index (χ2v) is 6.41. The van der Waals surface area contributed by atoms with Gasteiger partial charge >= 0.3 is 0 Å². The third-order valence-corrected chi connectivity index (χ3v) is 4.16. The maximum atomic E-state index is 10.7. The molecular weight excluding hydrogens is 232 g/mol. The van der Waals surface area contributed by atoms with E-state index in [2.05, 4.69) is 36.0 Å². The molecule has 1 aliphatic heterocycles. The molecule has 1 fully saturated rings. The Morgan fingerprint density at radius 3 is 2.35 bits per heavy atom. The summed E-state index contributed by atoms with van der Waals surface area (Å²) in [5, 5.41) is 2.08. The molecule has 0 N–H and O–H groups in total. The van der Waals surface area contributed by atoms with E-state index in [0.717, 1.165) is 37.3 Å². The quantitative estimate of drug-likeness (QED) is 0.756. The molecule has 1 aromatic rings. The van der Waals surface area contributed by atoms with Gasteiger partial charge in [-0.3, -0.25) is 9.69 Å². The molecule has 0 radical (unpaired) electrons. The van der Waals surface area contributed by atoms with Crippen molar-refractivity contribution in [2.24, 2.45) is 0 Å². The number of anilines is 1. The van der Waals surface area contributed by atoms with E-state index in [1.807, 2.05) is 6.07 Å². The minimum atomic E-state index is 0.259. The first kappa shape index (κ1) is 12.6. The van der Waals surface area contributed by atoms with Crippen LogP contribution in [0.15, 0.2) is 11.4 Å². The predicted molar refractivity (Wildman–Crippen MR) is 73.2 cm³/mol. The molecular formula is C13H20N2OS. The number of hydrogen-bond acceptors (Lipinski definition) is 4. The molecule has 1 saturated heterocycles. The molecule has 94 valence electrons. The predicted octanol–water partition coefficient (Wildman–Crippen LogP) is 2.48. The van der Waals surface area contributed by atoms with Crippen LogP contribution in [0.5, 0.6) is 0 Å². The first-order valence-corrected chi connectivity index (χ1v) is 6.92. The van der Waals surface area contributed by atoms with Crippen LogP contribution in [-0.4, -0.2) is 42.9 Å². The van der Waals surface area contributed by atoms with Gasteiger partial charge in [0.2, 0.25) is 0 Å². The topological polar surface area (TPSA) is 23.6 Å². The Hall–Kier alpha value is -0.870. The lowest BCUT2D eigenvalue weighted by Crippen LogP contribution is -2.53. The summed E-state index contributed by atoms with van der Waals surface area (Å²) < 4.78 is 0. The average Bonchev–Trinajstić information content (AvgIpc) is 2.76. The monoisotopic (exact) mass is 252 g/mol. The van der Waals surface area contributed by atoms with Crippen LogP contribution in [0.2, 0.25) is 0 Å². The van der Waals surface area contributed by atoms with Gasteiger partial charge < -0.3 is 4.90 Å². The standard InChI is InChI=1S/C13H20N2OS/c1-13(2,3)15-6-4-14(5-7-15)11-8-12(9-16)17-10-11/h8-10H,4-7H2,1-3H3. The van der Waals surface area contributed by atoms with Crippen molar-refractivity contribution in [3.8, 4) is 0 Å². The van der Waals surface area contributed by atoms with Crippen LogP contribution in [0.3, 0.4) is 0 Å². The molecule has 0 amide bonds. The van der Waals surface area contributed by atoms with Gasteiger partial charge in [0.05, 0.1) is 4.88 Å². The molecule has 2 rings (SSSR count). The summed E-state index contributed by atoms with van der Waals surface area (Å²) in [7, 11) is 0. The maximum Gasteiger partial charge on any atom is 0.160 e. The molecule has 2 heterocycles. The largest absolute Gasteiger partial charge is 0.368 e. The number of nitrogens with zero attached hydrogens (tertiary/aromatic N) is 2. The number of hydrogen-bond donors (Lipinski definition) is 0. The molecule has 0 spiro atoms. The highest BCUT2D eigenvalue weighted by Crippen LogP contribution is 2.24. The Kier molecular flexibility index (Phi) is 3.54. The van der Waals surface area contributed by atoms with Gasteiger partial charge in [0.15, 0.2) is 6.29 Å². The zero-order valence-corrected chi connectivity index (χ0v) is 11.6. The lowest BCUT2D eigenvalue weighted by Gasteiger charge is -2.42. The van der Waals surface area contributed by atoms with Gasteiger partial charge in [-0.2, -0.15) is 0 Å². The van der Waals surface area contributed by atoms with Crippen molar-refractivity contribution >= 4 is 23.3 Å². The minimum absolute atomic E-state index is 0.259. The first-order chi connectivity index (χ1) is 8.00. The Bertz CT molecular complexity index is 386. The van der Waals surface area contributed by atoms with Crippen LogP contribution >= 0.6 is 11.3 Å². The molecule has 0 atom stereocenters. The molecule has 1 aromatic heterocycles. The zero-order valence-electron chi connectivity index (χ0n) is 10.8. The maximum absolute atomic E-state index is 10.7. The highest BCUT2D eigenvalue weighted by Gasteiger charge is 2.26. The molecule has 4 heteroatoms. The summed E-state index contributed by atoms with van der Waals surface area (Å²) in [4.78, 5) is 16.4. The van der Waals surface area contributed by atoms with Crippen LogP contribution in [0.25, 0.3) is 0 Å². The van der Waals surface area contributed by atoms with Crippen molar-refractivity contribution in [3.63, 3.8) is 0 Å². The van der Waals surface area contributed by atoms with Gasteiger partial charge in [-0.15, -0.1) is 11.3 Å². The van der Waals surface area contributed by atoms with Gasteiger partial charge in [-0.1, -0.05) is 0 Å². The fraction of sp³-hybridized carbons (Fsp3) is 0.615. The average molecular weight is 252 g/mol. The highest BCUT2D eigenvalue weighted by molar-refractivity contribution is 7.12. The van der Waals surface area contributed by atoms with Crippen molar-refractivity contribution in [2.45, 2.75) is 26.3 Å². The van der Waals surface area contributed by atoms with Crippen molar-refractivity contribution in [1.82, 2.24) is 4.90 Å². The Morgan fingerprint density at radius 2 is 1.88 bits per heavy atom. The van der Waals surface area contributed by atoms with Gasteiger partial charge in [0.1, 0.15) is 0 Å². The number of aldehydes is 1. The van der Waals surface area contributed by atoms with E-state index in [9.17, 15) is 4.79 Å². The van der Waals surface area contributed by atoms with Crippen molar-refractivity contribution in [3.05, 3.63) is 16.3 Å². The highest BCUT2D eigenvalue weighted by atomic mass is 32.1. The lowest BCUT2D eigenvalue weighted by molar-refractivity contribution is 0.112. The van der Waals surface area contributed by atoms with Gasteiger partial charge in [-0.05, 0) is 26.8 Å². The molecule has 0 bridgehead atoms. The fourth-order valence-electron chi connectivity index (χ4n) is 2.21. The van der Waals surface area contributed by atoms with Crippen molar-refractivity contribution < 1.29 is 4.79 Å². The van der Waals surface area contributed by atoms with Crippen LogP contribution in [-0.2, 0) is 0 Å². The molecule has 0 unspecified atom stereocenters. The smallest absolute Gasteiger partial charge is 0.160 e. The SMILES string of the molecule is CC(C)(C)N1CCN(c2csc(C=O)c2)CC1. The van der Waals surface area contributed by atoms with Crippen LogP contribution < -0.4 is 4.90 Å². The number of rotatable bonds is 2. The third kappa shape index (κ3) is 2.87. The summed E-state index contributed by atoms with van der Waals surface area (Å²) in [6, 6.07) is 1.99. The zero-order chi connectivity index (χ0) is 12.5. The van der Waals surface area contributed by atoms with Gasteiger partial charge in [0.25, 0.3) is 0 Å². The summed E-state index contributed by atoms with van der Waals surface area (Å²) in [6.45, 7) is 11.1. The lowest BCUT2D eigenvalue weighted by atomic mass is 10.0. The molecule has 0 saturated carbocycles. The summed E-state index contributed by atoms with van der Waals surface area (Å²) in [5.74, 6) is 0. The van der Waals surface area contributed by atoms with Crippen molar-refractivity contribution in [1.29, 1.82) is 0 Å². The molecule has 17 heavy (non-hydrogen) atoms. The minimum Gasteiger partial charge on any atom is -0.368 e. The van der Waals surface area contributed by atoms with E-state index in [1.165, 1.54) is 17.0 Å². The van der Waals surface area contributed by atoms with Gasteiger partial charge in [0, 0.05) is 42.8 Å². The van der Waals surface area contributed by atoms with E-state index >= 15 is 0 Å². The van der Waals surface area contributed by atoms with Gasteiger partial charge in [-0.25, -0.2) is 0 Å². The second kappa shape index (κ2) is 4.78. The van der Waals surface area contributed by atoms with E-state index < -0.39 is 0 Å². The second-order valence-electron chi connectivity index (χ2n) is 5.47. The normalized spacial score (nSPS) is 18.4. The van der Waals surface area contributed by atoms with Crippen molar-refractivity contribution in [2.75, 3.05) is 31.1 Å². The van der Waals surface area contributed by atoms with Crippen LogP contribution in [0, 0.1) is 0 Å². The summed E-state index contributed by atoms with van der Waals surface area (Å²) in [5.41, 5.74) is 1.46. The number of thiophene rings is 1. The van der Waals surface area contributed by atoms with Crippen LogP contribution in [0.1, 0.15) is 30.4 Å². The Balaban J connectivity index is 1.97. The van der Waals surface area contributed by atoms with E-state index in [0.29, 0.717) is 0 Å². The van der Waals surface area contributed by atoms with Crippen LogP contribution in [0.4, 0.5) is 5.69 Å².